The van der Waals surface area contributed by atoms with Gasteiger partial charge in [-0.05, 0) is 12.8 Å². The summed E-state index contributed by atoms with van der Waals surface area (Å²) in [6.07, 6.45) is 5.15. The average Bonchev–Trinajstić information content (AvgIpc) is 2.42. The maximum Gasteiger partial charge on any atom is 0.231 e. The first-order valence-corrected chi connectivity index (χ1v) is 4.91. The summed E-state index contributed by atoms with van der Waals surface area (Å²) in [5.41, 5.74) is 9.98. The molecule has 1 rings (SSSR count). The number of nitrogens with two attached hydrogens (primary N) is 2. The van der Waals surface area contributed by atoms with Gasteiger partial charge in [-0.2, -0.15) is 0 Å². The van der Waals surface area contributed by atoms with Crippen LogP contribution < -0.4 is 11.5 Å². The second-order valence-corrected chi connectivity index (χ2v) is 3.85. The first kappa shape index (κ1) is 10.8. The molecule has 1 aliphatic carbocycles. The van der Waals surface area contributed by atoms with Crippen LogP contribution in [0.2, 0.25) is 0 Å². The van der Waals surface area contributed by atoms with Gasteiger partial charge in [0.25, 0.3) is 0 Å². The van der Waals surface area contributed by atoms with Gasteiger partial charge >= 0.3 is 0 Å². The van der Waals surface area contributed by atoms with E-state index in [9.17, 15) is 4.79 Å². The summed E-state index contributed by atoms with van der Waals surface area (Å²) in [7, 11) is 0. The molecule has 0 atom stereocenters. The highest BCUT2D eigenvalue weighted by Gasteiger charge is 2.41. The molecular weight excluding hydrogens is 182 g/mol. The van der Waals surface area contributed by atoms with Crippen LogP contribution >= 0.6 is 0 Å². The molecule has 0 aliphatic heterocycles. The molecule has 1 amide bonds. The molecule has 1 aliphatic rings. The molecule has 80 valence electrons. The number of amidine groups is 1. The molecule has 0 radical (unpaired) electrons. The van der Waals surface area contributed by atoms with E-state index in [-0.39, 0.29) is 5.84 Å². The van der Waals surface area contributed by atoms with Crippen LogP contribution in [0.5, 0.6) is 0 Å². The smallest absolute Gasteiger partial charge is 0.231 e. The number of hydrogen-bond acceptors (Lipinski definition) is 3. The molecule has 1 fully saturated rings. The molecular formula is C9H17N3O2. The Labute approximate surface area is 83.1 Å². The number of carbonyl (C=O) groups excluding carboxylic acids is 1. The highest BCUT2D eigenvalue weighted by molar-refractivity contribution is 6.06. The van der Waals surface area contributed by atoms with Crippen LogP contribution in [0.25, 0.3) is 0 Å². The van der Waals surface area contributed by atoms with Crippen LogP contribution in [0.1, 0.15) is 38.5 Å². The lowest BCUT2D eigenvalue weighted by molar-refractivity contribution is -0.124. The van der Waals surface area contributed by atoms with Crippen molar-refractivity contribution in [3.8, 4) is 0 Å². The summed E-state index contributed by atoms with van der Waals surface area (Å²) >= 11 is 0. The molecule has 5 heteroatoms. The lowest BCUT2D eigenvalue weighted by Gasteiger charge is -2.27. The van der Waals surface area contributed by atoms with Gasteiger partial charge in [0.2, 0.25) is 5.91 Å². The van der Waals surface area contributed by atoms with Crippen molar-refractivity contribution in [2.45, 2.75) is 38.5 Å². The number of carbonyl (C=O) groups is 1. The van der Waals surface area contributed by atoms with Crippen molar-refractivity contribution in [2.75, 3.05) is 0 Å². The molecule has 0 saturated heterocycles. The summed E-state index contributed by atoms with van der Waals surface area (Å²) < 4.78 is 0. The summed E-state index contributed by atoms with van der Waals surface area (Å²) in [6.45, 7) is 0. The Bertz CT molecular complexity index is 242. The lowest BCUT2D eigenvalue weighted by Crippen LogP contribution is -2.47. The van der Waals surface area contributed by atoms with Gasteiger partial charge in [-0.25, -0.2) is 0 Å². The number of primary amides is 1. The normalized spacial score (nSPS) is 22.7. The molecule has 0 aromatic heterocycles. The van der Waals surface area contributed by atoms with Crippen molar-refractivity contribution in [3.05, 3.63) is 0 Å². The van der Waals surface area contributed by atoms with E-state index in [1.807, 2.05) is 0 Å². The quantitative estimate of drug-likeness (QED) is 0.199. The van der Waals surface area contributed by atoms with Crippen LogP contribution in [0.4, 0.5) is 0 Å². The molecule has 0 aromatic carbocycles. The Hall–Kier alpha value is -1.26. The number of nitrogens with zero attached hydrogens (tertiary/aromatic N) is 1. The van der Waals surface area contributed by atoms with Crippen molar-refractivity contribution in [1.82, 2.24) is 0 Å². The minimum absolute atomic E-state index is 0.0353. The SMILES string of the molecule is NC(=O)C1(/C(N)=N/O)CCCCCC1. The third-order valence-electron chi connectivity index (χ3n) is 3.03. The summed E-state index contributed by atoms with van der Waals surface area (Å²) in [4.78, 5) is 11.4. The molecule has 0 spiro atoms. The van der Waals surface area contributed by atoms with E-state index in [2.05, 4.69) is 5.16 Å². The van der Waals surface area contributed by atoms with E-state index < -0.39 is 11.3 Å². The largest absolute Gasteiger partial charge is 0.409 e. The molecule has 0 heterocycles. The minimum atomic E-state index is -0.911. The Balaban J connectivity index is 2.95. The maximum absolute atomic E-state index is 11.4. The molecule has 0 aromatic rings. The Morgan fingerprint density at radius 1 is 1.14 bits per heavy atom. The zero-order chi connectivity index (χ0) is 10.6. The predicted octanol–water partition coefficient (Wildman–Crippen LogP) is 0.559. The zero-order valence-corrected chi connectivity index (χ0v) is 8.20. The lowest BCUT2D eigenvalue weighted by atomic mass is 9.78. The van der Waals surface area contributed by atoms with E-state index in [1.54, 1.807) is 0 Å². The van der Waals surface area contributed by atoms with Crippen LogP contribution in [-0.4, -0.2) is 17.0 Å². The van der Waals surface area contributed by atoms with Gasteiger partial charge in [0.15, 0.2) is 5.84 Å². The first-order valence-electron chi connectivity index (χ1n) is 4.91. The fourth-order valence-corrected chi connectivity index (χ4v) is 2.06. The van der Waals surface area contributed by atoms with Gasteiger partial charge in [-0.1, -0.05) is 30.8 Å². The van der Waals surface area contributed by atoms with Crippen LogP contribution in [-0.2, 0) is 4.79 Å². The van der Waals surface area contributed by atoms with E-state index in [1.165, 1.54) is 0 Å². The third kappa shape index (κ3) is 1.81. The molecule has 14 heavy (non-hydrogen) atoms. The summed E-state index contributed by atoms with van der Waals surface area (Å²) in [5.74, 6) is -0.512. The van der Waals surface area contributed by atoms with Crippen LogP contribution in [0.3, 0.4) is 0 Å². The molecule has 0 bridgehead atoms. The van der Waals surface area contributed by atoms with Crippen molar-refractivity contribution < 1.29 is 10.0 Å². The van der Waals surface area contributed by atoms with Gasteiger partial charge in [0.1, 0.15) is 5.41 Å². The third-order valence-corrected chi connectivity index (χ3v) is 3.03. The van der Waals surface area contributed by atoms with E-state index >= 15 is 0 Å². The number of hydrogen-bond donors (Lipinski definition) is 3. The molecule has 5 N–H and O–H groups in total. The van der Waals surface area contributed by atoms with Crippen LogP contribution in [0.15, 0.2) is 5.16 Å². The van der Waals surface area contributed by atoms with Gasteiger partial charge in [-0.3, -0.25) is 4.79 Å². The monoisotopic (exact) mass is 199 g/mol. The van der Waals surface area contributed by atoms with Gasteiger partial charge < -0.3 is 16.7 Å². The molecule has 5 nitrogen and oxygen atoms in total. The zero-order valence-electron chi connectivity index (χ0n) is 8.20. The second kappa shape index (κ2) is 4.30. The van der Waals surface area contributed by atoms with Crippen LogP contribution in [0, 0.1) is 5.41 Å². The topological polar surface area (TPSA) is 102 Å². The number of rotatable bonds is 2. The summed E-state index contributed by atoms with van der Waals surface area (Å²) in [5, 5.41) is 11.6. The number of amides is 1. The van der Waals surface area contributed by atoms with Gasteiger partial charge in [0.05, 0.1) is 0 Å². The Morgan fingerprint density at radius 2 is 1.64 bits per heavy atom. The minimum Gasteiger partial charge on any atom is -0.409 e. The Morgan fingerprint density at radius 3 is 2.00 bits per heavy atom. The average molecular weight is 199 g/mol. The Kier molecular flexibility index (Phi) is 3.33. The van der Waals surface area contributed by atoms with Crippen molar-refractivity contribution in [3.63, 3.8) is 0 Å². The standard InChI is InChI=1S/C9H17N3O2/c10-7(12-14)9(8(11)13)5-3-1-2-4-6-9/h14H,1-6H2,(H2,10,12)(H2,11,13). The number of oxime groups is 1. The first-order chi connectivity index (χ1) is 6.63. The van der Waals surface area contributed by atoms with Gasteiger partial charge in [0, 0.05) is 0 Å². The van der Waals surface area contributed by atoms with Crippen molar-refractivity contribution in [1.29, 1.82) is 0 Å². The second-order valence-electron chi connectivity index (χ2n) is 3.85. The van der Waals surface area contributed by atoms with Crippen molar-refractivity contribution >= 4 is 11.7 Å². The molecule has 1 saturated carbocycles. The molecule has 0 unspecified atom stereocenters. The fraction of sp³-hybridized carbons (Fsp3) is 0.778. The fourth-order valence-electron chi connectivity index (χ4n) is 2.06. The predicted molar refractivity (Wildman–Crippen MR) is 52.7 cm³/mol. The highest BCUT2D eigenvalue weighted by Crippen LogP contribution is 2.34. The van der Waals surface area contributed by atoms with E-state index in [4.69, 9.17) is 16.7 Å². The van der Waals surface area contributed by atoms with E-state index in [0.717, 1.165) is 25.7 Å². The highest BCUT2D eigenvalue weighted by atomic mass is 16.4. The van der Waals surface area contributed by atoms with Gasteiger partial charge in [-0.15, -0.1) is 0 Å². The van der Waals surface area contributed by atoms with E-state index in [0.29, 0.717) is 12.8 Å². The van der Waals surface area contributed by atoms with Crippen molar-refractivity contribution in [2.24, 2.45) is 22.0 Å². The summed E-state index contributed by atoms with van der Waals surface area (Å²) in [6, 6.07) is 0. The maximum atomic E-state index is 11.4.